The van der Waals surface area contributed by atoms with Crippen LogP contribution in [-0.2, 0) is 14.2 Å². The van der Waals surface area contributed by atoms with Crippen molar-refractivity contribution in [3.8, 4) is 22.8 Å². The second-order valence-corrected chi connectivity index (χ2v) is 16.5. The summed E-state index contributed by atoms with van der Waals surface area (Å²) in [5.41, 5.74) is 10.5. The van der Waals surface area contributed by atoms with Crippen molar-refractivity contribution < 1.29 is 37.7 Å². The molecule has 4 aromatic carbocycles. The summed E-state index contributed by atoms with van der Waals surface area (Å²) in [5.74, 6) is -2.18. The van der Waals surface area contributed by atoms with Crippen molar-refractivity contribution in [3.63, 3.8) is 0 Å². The molecule has 2 fully saturated rings. The number of methoxy groups -OCH3 is 1. The number of aromatic nitrogens is 4. The first-order chi connectivity index (χ1) is 33.5. The highest BCUT2D eigenvalue weighted by Crippen LogP contribution is 2.38. The number of morpholine rings is 2. The minimum absolute atomic E-state index is 0.179. The Labute approximate surface area is 396 Å². The van der Waals surface area contributed by atoms with Crippen LogP contribution in [0.4, 0.5) is 42.9 Å². The van der Waals surface area contributed by atoms with E-state index in [4.69, 9.17) is 19.2 Å². The third-order valence-corrected chi connectivity index (χ3v) is 12.0. The number of esters is 1. The average molecular weight is 931 g/mol. The van der Waals surface area contributed by atoms with E-state index in [0.29, 0.717) is 90.3 Å². The maximum atomic E-state index is 14.1. The predicted octanol–water partition coefficient (Wildman–Crippen LogP) is 10.1. The van der Waals surface area contributed by atoms with Crippen LogP contribution in [0.2, 0.25) is 0 Å². The molecule has 350 valence electrons. The number of carbonyl (C=O) groups is 2. The van der Waals surface area contributed by atoms with Crippen molar-refractivity contribution in [1.29, 1.82) is 0 Å². The molecule has 69 heavy (non-hydrogen) atoms. The van der Waals surface area contributed by atoms with Crippen LogP contribution < -0.4 is 20.4 Å². The topological polar surface area (TPSA) is 164 Å². The maximum absolute atomic E-state index is 14.1. The summed E-state index contributed by atoms with van der Waals surface area (Å²) < 4.78 is 44.1. The van der Waals surface area contributed by atoms with Crippen molar-refractivity contribution in [2.45, 2.75) is 13.8 Å². The number of halogens is 2. The smallest absolute Gasteiger partial charge is 0.337 e. The number of benzene rings is 4. The van der Waals surface area contributed by atoms with Gasteiger partial charge < -0.3 is 39.8 Å². The molecule has 0 aliphatic carbocycles. The number of aromatic carboxylic acids is 1. The zero-order valence-electron chi connectivity index (χ0n) is 38.1. The number of ether oxygens (including phenoxy) is 3. The number of pyridine rings is 4. The largest absolute Gasteiger partial charge is 0.478 e. The first kappa shape index (κ1) is 46.0. The molecule has 0 radical (unpaired) electrons. The highest BCUT2D eigenvalue weighted by molar-refractivity contribution is 6.00. The second kappa shape index (κ2) is 20.4. The van der Waals surface area contributed by atoms with Gasteiger partial charge in [0.2, 0.25) is 0 Å². The van der Waals surface area contributed by atoms with Gasteiger partial charge in [0.25, 0.3) is 0 Å². The lowest BCUT2D eigenvalue weighted by Crippen LogP contribution is -2.36. The van der Waals surface area contributed by atoms with Crippen molar-refractivity contribution in [1.82, 2.24) is 19.9 Å². The van der Waals surface area contributed by atoms with E-state index in [1.165, 1.54) is 31.4 Å². The van der Waals surface area contributed by atoms with E-state index in [2.05, 4.69) is 35.4 Å². The molecule has 6 heterocycles. The number of hydrogen-bond donors (Lipinski definition) is 3. The SMILES string of the molecule is COC(=O)c1cc(Nc2c(C)c(-c3ccccn3)nc3cc(F)ccc23)cc(N2CCOCC2)c1.Cc1c(-c2ccccn2)nc2cc(F)ccc2c1Nc1cc(C(=O)O)cc(N2CCOCC2)c1. The van der Waals surface area contributed by atoms with Crippen LogP contribution in [0, 0.1) is 25.5 Å². The molecule has 0 atom stereocenters. The molecule has 3 N–H and O–H groups in total. The molecule has 0 spiro atoms. The molecule has 2 aliphatic rings. The molecule has 16 heteroatoms. The fourth-order valence-corrected chi connectivity index (χ4v) is 8.52. The number of nitrogens with one attached hydrogen (secondary N) is 2. The number of carboxylic acids is 1. The summed E-state index contributed by atoms with van der Waals surface area (Å²) >= 11 is 0. The lowest BCUT2D eigenvalue weighted by atomic mass is 10.0. The molecule has 0 saturated carbocycles. The van der Waals surface area contributed by atoms with Gasteiger partial charge in [-0.2, -0.15) is 0 Å². The van der Waals surface area contributed by atoms with Gasteiger partial charge in [-0.15, -0.1) is 0 Å². The molecule has 14 nitrogen and oxygen atoms in total. The minimum Gasteiger partial charge on any atom is -0.478 e. The first-order valence-corrected chi connectivity index (χ1v) is 22.4. The Kier molecular flexibility index (Phi) is 13.6. The molecule has 0 amide bonds. The van der Waals surface area contributed by atoms with Crippen LogP contribution in [0.3, 0.4) is 0 Å². The first-order valence-electron chi connectivity index (χ1n) is 22.4. The average Bonchev–Trinajstić information content (AvgIpc) is 3.38. The zero-order valence-corrected chi connectivity index (χ0v) is 38.1. The van der Waals surface area contributed by atoms with E-state index < -0.39 is 11.9 Å². The fourth-order valence-electron chi connectivity index (χ4n) is 8.52. The Morgan fingerprint density at radius 2 is 1.06 bits per heavy atom. The van der Waals surface area contributed by atoms with Gasteiger partial charge in [0, 0.05) is 95.4 Å². The summed E-state index contributed by atoms with van der Waals surface area (Å²) in [6.07, 6.45) is 3.39. The number of hydrogen-bond acceptors (Lipinski definition) is 13. The van der Waals surface area contributed by atoms with Gasteiger partial charge in [-0.25, -0.2) is 28.3 Å². The van der Waals surface area contributed by atoms with E-state index in [0.717, 1.165) is 57.7 Å². The standard InChI is InChI=1S/C27H25FN4O3.C26H23FN4O3/c1-17-25(22-7-6-19(28)15-24(22)31-26(17)23-5-3-4-8-29-23)30-20-13-18(27(33)34-2)14-21(16-20)32-9-11-35-12-10-32;1-16-24(21-6-5-18(27)14-23(21)30-25(16)22-4-2-3-7-28-22)29-19-12-17(26(32)33)13-20(15-19)31-8-10-34-11-9-31/h3-8,13-16H,9-12H2,1-2H3,(H,30,31);2-7,12-15H,8-11H2,1H3,(H,29,30)(H,32,33). The van der Waals surface area contributed by atoms with Gasteiger partial charge in [0.1, 0.15) is 11.6 Å². The van der Waals surface area contributed by atoms with Gasteiger partial charge >= 0.3 is 11.9 Å². The minimum atomic E-state index is -1.01. The molecule has 4 aromatic heterocycles. The molecular formula is C53H48F2N8O6. The second-order valence-electron chi connectivity index (χ2n) is 16.5. The third kappa shape index (κ3) is 10.3. The zero-order chi connectivity index (χ0) is 48.0. The fraction of sp³-hybridized carbons (Fsp3) is 0.208. The van der Waals surface area contributed by atoms with E-state index in [9.17, 15) is 23.5 Å². The van der Waals surface area contributed by atoms with E-state index in [-0.39, 0.29) is 17.2 Å². The van der Waals surface area contributed by atoms with Crippen molar-refractivity contribution in [2.24, 2.45) is 0 Å². The number of carbonyl (C=O) groups excluding carboxylic acids is 1. The quantitative estimate of drug-likeness (QED) is 0.111. The summed E-state index contributed by atoms with van der Waals surface area (Å²) in [4.78, 5) is 46.9. The Bertz CT molecular complexity index is 3190. The number of rotatable bonds is 10. The summed E-state index contributed by atoms with van der Waals surface area (Å²) in [6, 6.07) is 30.9. The van der Waals surface area contributed by atoms with E-state index in [1.807, 2.05) is 68.4 Å². The van der Waals surface area contributed by atoms with E-state index in [1.54, 1.807) is 42.7 Å². The molecule has 2 aliphatic heterocycles. The number of nitrogens with zero attached hydrogens (tertiary/aromatic N) is 6. The van der Waals surface area contributed by atoms with E-state index >= 15 is 0 Å². The van der Waals surface area contributed by atoms with Crippen LogP contribution in [-0.4, -0.2) is 96.7 Å². The Morgan fingerprint density at radius 1 is 0.609 bits per heavy atom. The van der Waals surface area contributed by atoms with Gasteiger partial charge in [0.05, 0.1) is 89.8 Å². The van der Waals surface area contributed by atoms with Crippen molar-refractivity contribution in [2.75, 3.05) is 80.1 Å². The van der Waals surface area contributed by atoms with Crippen LogP contribution in [0.15, 0.2) is 122 Å². The predicted molar refractivity (Wildman–Crippen MR) is 263 cm³/mol. The summed E-state index contributed by atoms with van der Waals surface area (Å²) in [5, 5.41) is 18.1. The Hall–Kier alpha value is -8.08. The summed E-state index contributed by atoms with van der Waals surface area (Å²) in [7, 11) is 1.37. The highest BCUT2D eigenvalue weighted by Gasteiger charge is 2.21. The van der Waals surface area contributed by atoms with Crippen LogP contribution >= 0.6 is 0 Å². The molecule has 0 unspecified atom stereocenters. The summed E-state index contributed by atoms with van der Waals surface area (Å²) in [6.45, 7) is 9.12. The molecule has 0 bridgehead atoms. The molecular weight excluding hydrogens is 883 g/mol. The molecule has 10 rings (SSSR count). The number of fused-ring (bicyclic) bond motifs is 2. The van der Waals surface area contributed by atoms with Crippen molar-refractivity contribution in [3.05, 3.63) is 155 Å². The monoisotopic (exact) mass is 930 g/mol. The number of anilines is 6. The highest BCUT2D eigenvalue weighted by atomic mass is 19.1. The van der Waals surface area contributed by atoms with Crippen LogP contribution in [0.1, 0.15) is 31.8 Å². The van der Waals surface area contributed by atoms with Crippen LogP contribution in [0.25, 0.3) is 44.6 Å². The molecule has 2 saturated heterocycles. The molecule has 8 aromatic rings. The normalized spacial score (nSPS) is 13.7. The third-order valence-electron chi connectivity index (χ3n) is 12.0. The lowest BCUT2D eigenvalue weighted by Gasteiger charge is -2.29. The number of carboxylic acid groups (broad SMARTS) is 1. The van der Waals surface area contributed by atoms with Gasteiger partial charge in [-0.05, 0) is 98.8 Å². The van der Waals surface area contributed by atoms with Gasteiger partial charge in [-0.1, -0.05) is 12.1 Å². The van der Waals surface area contributed by atoms with Crippen molar-refractivity contribution >= 4 is 67.9 Å². The lowest BCUT2D eigenvalue weighted by molar-refractivity contribution is 0.0599. The van der Waals surface area contributed by atoms with Crippen LogP contribution in [0.5, 0.6) is 0 Å². The Morgan fingerprint density at radius 3 is 1.48 bits per heavy atom. The maximum Gasteiger partial charge on any atom is 0.337 e. The Balaban J connectivity index is 0.000000172. The van der Waals surface area contributed by atoms with Gasteiger partial charge in [0.15, 0.2) is 0 Å². The van der Waals surface area contributed by atoms with Gasteiger partial charge in [-0.3, -0.25) is 9.97 Å².